The van der Waals surface area contributed by atoms with Crippen molar-refractivity contribution in [3.63, 3.8) is 0 Å². The molecule has 0 radical (unpaired) electrons. The molecule has 17 heavy (non-hydrogen) atoms. The molecule has 2 N–H and O–H groups in total. The summed E-state index contributed by atoms with van der Waals surface area (Å²) >= 11 is 0. The van der Waals surface area contributed by atoms with Crippen molar-refractivity contribution in [2.75, 3.05) is 5.32 Å². The molecule has 92 valence electrons. The number of nitrogens with one attached hydrogen (secondary N) is 2. The maximum Gasteiger partial charge on any atom is 0.319 e. The average molecular weight is 240 g/mol. The van der Waals surface area contributed by atoms with E-state index in [2.05, 4.69) is 10.6 Å². The quantitative estimate of drug-likeness (QED) is 0.838. The van der Waals surface area contributed by atoms with Crippen LogP contribution in [0.5, 0.6) is 0 Å². The van der Waals surface area contributed by atoms with Gasteiger partial charge in [0.2, 0.25) is 0 Å². The lowest BCUT2D eigenvalue weighted by atomic mass is 10.2. The van der Waals surface area contributed by atoms with Crippen LogP contribution < -0.4 is 10.6 Å². The van der Waals surface area contributed by atoms with Gasteiger partial charge in [0.25, 0.3) is 0 Å². The zero-order chi connectivity index (χ0) is 12.4. The number of hydrogen-bond acceptors (Lipinski definition) is 1. The summed E-state index contributed by atoms with van der Waals surface area (Å²) in [5.74, 6) is -0.919. The van der Waals surface area contributed by atoms with Crippen LogP contribution in [-0.2, 0) is 0 Å². The van der Waals surface area contributed by atoms with E-state index in [9.17, 15) is 13.6 Å². The largest absolute Gasteiger partial charge is 0.335 e. The minimum atomic E-state index is -0.778. The monoisotopic (exact) mass is 240 g/mol. The van der Waals surface area contributed by atoms with E-state index >= 15 is 0 Å². The van der Waals surface area contributed by atoms with E-state index in [1.165, 1.54) is 6.07 Å². The number of anilines is 1. The van der Waals surface area contributed by atoms with Crippen LogP contribution in [0.25, 0.3) is 0 Å². The van der Waals surface area contributed by atoms with Crippen molar-refractivity contribution in [3.05, 3.63) is 29.8 Å². The average Bonchev–Trinajstić information content (AvgIpc) is 3.05. The molecule has 2 rings (SSSR count). The minimum Gasteiger partial charge on any atom is -0.335 e. The van der Waals surface area contributed by atoms with Crippen molar-refractivity contribution in [2.24, 2.45) is 5.92 Å². The molecule has 1 aromatic carbocycles. The molecular formula is C12H14F2N2O. The fourth-order valence-corrected chi connectivity index (χ4v) is 1.67. The summed E-state index contributed by atoms with van der Waals surface area (Å²) in [5.41, 5.74) is -0.0214. The first-order valence-electron chi connectivity index (χ1n) is 5.59. The molecule has 1 atom stereocenters. The Kier molecular flexibility index (Phi) is 3.26. The van der Waals surface area contributed by atoms with E-state index in [4.69, 9.17) is 0 Å². The molecule has 3 nitrogen and oxygen atoms in total. The van der Waals surface area contributed by atoms with Gasteiger partial charge in [-0.2, -0.15) is 0 Å². The van der Waals surface area contributed by atoms with Crippen LogP contribution in [-0.4, -0.2) is 12.1 Å². The van der Waals surface area contributed by atoms with E-state index < -0.39 is 17.7 Å². The van der Waals surface area contributed by atoms with E-state index in [0.29, 0.717) is 5.92 Å². The molecule has 1 aliphatic rings. The highest BCUT2D eigenvalue weighted by Gasteiger charge is 2.28. The van der Waals surface area contributed by atoms with Crippen molar-refractivity contribution >= 4 is 11.7 Å². The second-order valence-electron chi connectivity index (χ2n) is 4.35. The predicted molar refractivity (Wildman–Crippen MR) is 60.7 cm³/mol. The fourth-order valence-electron chi connectivity index (χ4n) is 1.67. The first kappa shape index (κ1) is 11.8. The number of carbonyl (C=O) groups excluding carboxylic acids is 1. The highest BCUT2D eigenvalue weighted by Crippen LogP contribution is 2.32. The molecule has 0 saturated heterocycles. The molecule has 1 unspecified atom stereocenters. The van der Waals surface area contributed by atoms with Gasteiger partial charge in [-0.1, -0.05) is 0 Å². The lowest BCUT2D eigenvalue weighted by Crippen LogP contribution is -2.37. The molecule has 0 aliphatic heterocycles. The van der Waals surface area contributed by atoms with Crippen molar-refractivity contribution < 1.29 is 13.6 Å². The maximum absolute atomic E-state index is 13.2. The smallest absolute Gasteiger partial charge is 0.319 e. The molecular weight excluding hydrogens is 226 g/mol. The molecule has 1 saturated carbocycles. The Morgan fingerprint density at radius 3 is 2.71 bits per heavy atom. The van der Waals surface area contributed by atoms with E-state index in [1.807, 2.05) is 6.92 Å². The zero-order valence-corrected chi connectivity index (χ0v) is 9.47. The standard InChI is InChI=1S/C12H14F2N2O/c1-7(8-2-3-8)15-12(17)16-11-5-4-9(13)6-10(11)14/h4-8H,2-3H2,1H3,(H2,15,16,17). The highest BCUT2D eigenvalue weighted by molar-refractivity contribution is 5.89. The summed E-state index contributed by atoms with van der Waals surface area (Å²) in [5, 5.41) is 5.08. The molecule has 0 aromatic heterocycles. The SMILES string of the molecule is CC(NC(=O)Nc1ccc(F)cc1F)C1CC1. The number of benzene rings is 1. The first-order chi connectivity index (χ1) is 8.06. The number of halogens is 2. The Labute approximate surface area is 98.2 Å². The lowest BCUT2D eigenvalue weighted by Gasteiger charge is -2.13. The van der Waals surface area contributed by atoms with Crippen LogP contribution in [0.4, 0.5) is 19.3 Å². The van der Waals surface area contributed by atoms with Gasteiger partial charge in [0.05, 0.1) is 5.69 Å². The summed E-state index contributed by atoms with van der Waals surface area (Å²) in [7, 11) is 0. The van der Waals surface area contributed by atoms with E-state index in [1.54, 1.807) is 0 Å². The van der Waals surface area contributed by atoms with E-state index in [-0.39, 0.29) is 11.7 Å². The molecule has 0 spiro atoms. The Morgan fingerprint density at radius 1 is 1.41 bits per heavy atom. The topological polar surface area (TPSA) is 41.1 Å². The molecule has 1 aromatic rings. The Hall–Kier alpha value is -1.65. The number of amides is 2. The summed E-state index contributed by atoms with van der Waals surface area (Å²) in [6, 6.07) is 2.66. The number of hydrogen-bond donors (Lipinski definition) is 2. The van der Waals surface area contributed by atoms with Gasteiger partial charge in [0, 0.05) is 12.1 Å². The van der Waals surface area contributed by atoms with Crippen LogP contribution in [0.15, 0.2) is 18.2 Å². The summed E-state index contributed by atoms with van der Waals surface area (Å²) in [6.07, 6.45) is 2.23. The lowest BCUT2D eigenvalue weighted by molar-refractivity contribution is 0.248. The summed E-state index contributed by atoms with van der Waals surface area (Å²) in [4.78, 5) is 11.5. The predicted octanol–water partition coefficient (Wildman–Crippen LogP) is 2.88. The first-order valence-corrected chi connectivity index (χ1v) is 5.59. The van der Waals surface area contributed by atoms with Crippen LogP contribution in [0, 0.1) is 17.6 Å². The number of rotatable bonds is 3. The molecule has 2 amide bonds. The second kappa shape index (κ2) is 4.69. The number of urea groups is 1. The van der Waals surface area contributed by atoms with Gasteiger partial charge in [0.1, 0.15) is 11.6 Å². The Bertz CT molecular complexity index is 433. The van der Waals surface area contributed by atoms with Gasteiger partial charge < -0.3 is 10.6 Å². The van der Waals surface area contributed by atoms with Crippen molar-refractivity contribution in [3.8, 4) is 0 Å². The minimum absolute atomic E-state index is 0.0214. The third kappa shape index (κ3) is 3.15. The van der Waals surface area contributed by atoms with Crippen LogP contribution in [0.3, 0.4) is 0 Å². The fraction of sp³-hybridized carbons (Fsp3) is 0.417. The second-order valence-corrected chi connectivity index (χ2v) is 4.35. The van der Waals surface area contributed by atoms with Gasteiger partial charge in [-0.3, -0.25) is 0 Å². The third-order valence-corrected chi connectivity index (χ3v) is 2.87. The van der Waals surface area contributed by atoms with Gasteiger partial charge >= 0.3 is 6.03 Å². The van der Waals surface area contributed by atoms with Gasteiger partial charge in [-0.05, 0) is 37.8 Å². The third-order valence-electron chi connectivity index (χ3n) is 2.87. The van der Waals surface area contributed by atoms with Gasteiger partial charge in [-0.15, -0.1) is 0 Å². The summed E-state index contributed by atoms with van der Waals surface area (Å²) in [6.45, 7) is 1.91. The normalized spacial score (nSPS) is 16.4. The van der Waals surface area contributed by atoms with Crippen molar-refractivity contribution in [2.45, 2.75) is 25.8 Å². The molecule has 0 heterocycles. The number of carbonyl (C=O) groups is 1. The molecule has 5 heteroatoms. The van der Waals surface area contributed by atoms with Crippen molar-refractivity contribution in [1.29, 1.82) is 0 Å². The highest BCUT2D eigenvalue weighted by atomic mass is 19.1. The summed E-state index contributed by atoms with van der Waals surface area (Å²) < 4.78 is 25.9. The van der Waals surface area contributed by atoms with Crippen LogP contribution >= 0.6 is 0 Å². The van der Waals surface area contributed by atoms with E-state index in [0.717, 1.165) is 25.0 Å². The van der Waals surface area contributed by atoms with Crippen molar-refractivity contribution in [1.82, 2.24) is 5.32 Å². The molecule has 1 aliphatic carbocycles. The Morgan fingerprint density at radius 2 is 2.12 bits per heavy atom. The van der Waals surface area contributed by atoms with Crippen LogP contribution in [0.1, 0.15) is 19.8 Å². The zero-order valence-electron chi connectivity index (χ0n) is 9.47. The molecule has 0 bridgehead atoms. The Balaban J connectivity index is 1.92. The van der Waals surface area contributed by atoms with Gasteiger partial charge in [0.15, 0.2) is 0 Å². The van der Waals surface area contributed by atoms with Gasteiger partial charge in [-0.25, -0.2) is 13.6 Å². The molecule has 1 fully saturated rings. The maximum atomic E-state index is 13.2. The van der Waals surface area contributed by atoms with Crippen LogP contribution in [0.2, 0.25) is 0 Å².